The number of carbonyl (C=O) groups excluding carboxylic acids is 4. The standard InChI is InChI=1S/C21H37N3O10/c1-16(2)18(26)13-33-11-9-32-8-6-23-20(28)14-34-12-10-31-7-5-22-19(27)4-3-17(21(29)30)24-15-25/h15-17H,3-14H2,1-2H3,(H,22,27)(H,23,28)(H,24,25)(H,29,30). The van der Waals surface area contributed by atoms with E-state index in [0.717, 1.165) is 0 Å². The molecule has 0 rings (SSSR count). The van der Waals surface area contributed by atoms with Gasteiger partial charge in [-0.15, -0.1) is 0 Å². The zero-order valence-electron chi connectivity index (χ0n) is 19.8. The molecule has 0 aliphatic carbocycles. The summed E-state index contributed by atoms with van der Waals surface area (Å²) in [5, 5.41) is 16.2. The lowest BCUT2D eigenvalue weighted by Gasteiger charge is -2.11. The number of amides is 3. The maximum Gasteiger partial charge on any atom is 0.326 e. The first-order valence-corrected chi connectivity index (χ1v) is 11.1. The zero-order chi connectivity index (χ0) is 25.6. The molecule has 0 saturated carbocycles. The van der Waals surface area contributed by atoms with E-state index in [2.05, 4.69) is 16.0 Å². The van der Waals surface area contributed by atoms with Crippen molar-refractivity contribution in [3.8, 4) is 0 Å². The molecular formula is C21H37N3O10. The van der Waals surface area contributed by atoms with E-state index < -0.39 is 12.0 Å². The number of rotatable bonds is 23. The minimum atomic E-state index is -1.21. The monoisotopic (exact) mass is 491 g/mol. The van der Waals surface area contributed by atoms with Crippen LogP contribution >= 0.6 is 0 Å². The first-order valence-electron chi connectivity index (χ1n) is 11.1. The lowest BCUT2D eigenvalue weighted by Crippen LogP contribution is -2.37. The van der Waals surface area contributed by atoms with Crippen LogP contribution in [0.5, 0.6) is 0 Å². The summed E-state index contributed by atoms with van der Waals surface area (Å²) >= 11 is 0. The molecule has 0 radical (unpaired) electrons. The van der Waals surface area contributed by atoms with Gasteiger partial charge in [-0.3, -0.25) is 19.2 Å². The van der Waals surface area contributed by atoms with Crippen LogP contribution in [0.25, 0.3) is 0 Å². The fraction of sp³-hybridized carbons (Fsp3) is 0.762. The first kappa shape index (κ1) is 31.4. The molecular weight excluding hydrogens is 454 g/mol. The molecule has 4 N–H and O–H groups in total. The Hall–Kier alpha value is -2.61. The smallest absolute Gasteiger partial charge is 0.326 e. The number of ketones is 1. The normalized spacial score (nSPS) is 11.6. The van der Waals surface area contributed by atoms with Gasteiger partial charge in [0.05, 0.1) is 39.6 Å². The maximum absolute atomic E-state index is 11.6. The minimum absolute atomic E-state index is 0.0161. The van der Waals surface area contributed by atoms with Gasteiger partial charge >= 0.3 is 5.97 Å². The van der Waals surface area contributed by atoms with Crippen LogP contribution in [0.15, 0.2) is 0 Å². The summed E-state index contributed by atoms with van der Waals surface area (Å²) in [4.78, 5) is 55.8. The SMILES string of the molecule is CC(C)C(=O)COCCOCCNC(=O)COCCOCCNC(=O)CCC(NC=O)C(=O)O. The van der Waals surface area contributed by atoms with Crippen LogP contribution in [0.4, 0.5) is 0 Å². The highest BCUT2D eigenvalue weighted by Gasteiger charge is 2.17. The van der Waals surface area contributed by atoms with Crippen molar-refractivity contribution in [1.29, 1.82) is 0 Å². The predicted octanol–water partition coefficient (Wildman–Crippen LogP) is -1.51. The highest BCUT2D eigenvalue weighted by atomic mass is 16.5. The predicted molar refractivity (Wildman–Crippen MR) is 119 cm³/mol. The number of hydrogen-bond acceptors (Lipinski definition) is 9. The second-order valence-electron chi connectivity index (χ2n) is 7.36. The third kappa shape index (κ3) is 18.9. The van der Waals surface area contributed by atoms with Crippen molar-refractivity contribution in [2.24, 2.45) is 5.92 Å². The summed E-state index contributed by atoms with van der Waals surface area (Å²) in [6.45, 7) is 5.73. The maximum atomic E-state index is 11.6. The molecule has 196 valence electrons. The number of aliphatic carboxylic acids is 1. The Morgan fingerprint density at radius 3 is 1.85 bits per heavy atom. The molecule has 0 aromatic carbocycles. The summed E-state index contributed by atoms with van der Waals surface area (Å²) < 4.78 is 20.9. The van der Waals surface area contributed by atoms with Gasteiger partial charge in [-0.1, -0.05) is 13.8 Å². The topological polar surface area (TPSA) is 179 Å². The lowest BCUT2D eigenvalue weighted by molar-refractivity contribution is -0.141. The van der Waals surface area contributed by atoms with Crippen molar-refractivity contribution in [3.05, 3.63) is 0 Å². The summed E-state index contributed by atoms with van der Waals surface area (Å²) in [7, 11) is 0. The van der Waals surface area contributed by atoms with E-state index in [-0.39, 0.29) is 82.3 Å². The van der Waals surface area contributed by atoms with Crippen LogP contribution in [0.3, 0.4) is 0 Å². The molecule has 13 heteroatoms. The minimum Gasteiger partial charge on any atom is -0.480 e. The summed E-state index contributed by atoms with van der Waals surface area (Å²) in [5.41, 5.74) is 0. The molecule has 34 heavy (non-hydrogen) atoms. The first-order chi connectivity index (χ1) is 16.3. The Bertz CT molecular complexity index is 616. The second-order valence-corrected chi connectivity index (χ2v) is 7.36. The molecule has 0 aromatic heterocycles. The van der Waals surface area contributed by atoms with Gasteiger partial charge in [-0.05, 0) is 6.42 Å². The molecule has 3 amide bonds. The molecule has 0 spiro atoms. The van der Waals surface area contributed by atoms with E-state index in [1.165, 1.54) is 0 Å². The van der Waals surface area contributed by atoms with E-state index in [4.69, 9.17) is 24.1 Å². The Morgan fingerprint density at radius 2 is 1.32 bits per heavy atom. The van der Waals surface area contributed by atoms with Gasteiger partial charge in [0, 0.05) is 25.4 Å². The number of hydrogen-bond donors (Lipinski definition) is 4. The fourth-order valence-corrected chi connectivity index (χ4v) is 2.24. The molecule has 1 unspecified atom stereocenters. The molecule has 0 aliphatic heterocycles. The average Bonchev–Trinajstić information content (AvgIpc) is 2.79. The van der Waals surface area contributed by atoms with Crippen LogP contribution in [-0.2, 0) is 42.9 Å². The quantitative estimate of drug-likeness (QED) is 0.0970. The number of nitrogens with one attached hydrogen (secondary N) is 3. The Morgan fingerprint density at radius 1 is 0.794 bits per heavy atom. The molecule has 0 bridgehead atoms. The van der Waals surface area contributed by atoms with Gasteiger partial charge < -0.3 is 40.0 Å². The zero-order valence-corrected chi connectivity index (χ0v) is 19.8. The molecule has 1 atom stereocenters. The van der Waals surface area contributed by atoms with Gasteiger partial charge in [0.1, 0.15) is 19.3 Å². The van der Waals surface area contributed by atoms with Gasteiger partial charge in [0.2, 0.25) is 18.2 Å². The molecule has 0 fully saturated rings. The molecule has 0 heterocycles. The summed E-state index contributed by atoms with van der Waals surface area (Å²) in [6.07, 6.45) is 0.218. The van der Waals surface area contributed by atoms with Crippen molar-refractivity contribution < 1.29 is 48.0 Å². The van der Waals surface area contributed by atoms with Crippen LogP contribution < -0.4 is 16.0 Å². The Kier molecular flexibility index (Phi) is 19.4. The number of carboxylic acid groups (broad SMARTS) is 1. The van der Waals surface area contributed by atoms with E-state index >= 15 is 0 Å². The summed E-state index contributed by atoms with van der Waals surface area (Å²) in [5.74, 6) is -1.86. The van der Waals surface area contributed by atoms with Crippen LogP contribution in [-0.4, -0.2) is 107 Å². The van der Waals surface area contributed by atoms with Gasteiger partial charge in [0.25, 0.3) is 0 Å². The number of ether oxygens (including phenoxy) is 4. The van der Waals surface area contributed by atoms with Crippen molar-refractivity contribution in [2.75, 3.05) is 65.9 Å². The van der Waals surface area contributed by atoms with E-state index in [0.29, 0.717) is 26.4 Å². The van der Waals surface area contributed by atoms with Crippen LogP contribution in [0, 0.1) is 5.92 Å². The number of carboxylic acids is 1. The number of Topliss-reactive ketones (excluding diaryl/α,β-unsaturated/α-hetero) is 1. The largest absolute Gasteiger partial charge is 0.480 e. The van der Waals surface area contributed by atoms with E-state index in [9.17, 15) is 24.0 Å². The Balaban J connectivity index is 3.47. The van der Waals surface area contributed by atoms with Crippen molar-refractivity contribution in [2.45, 2.75) is 32.7 Å². The van der Waals surface area contributed by atoms with Crippen molar-refractivity contribution >= 4 is 30.0 Å². The van der Waals surface area contributed by atoms with Gasteiger partial charge in [-0.25, -0.2) is 4.79 Å². The number of carbonyl (C=O) groups is 5. The highest BCUT2D eigenvalue weighted by molar-refractivity contribution is 5.81. The van der Waals surface area contributed by atoms with Crippen LogP contribution in [0.1, 0.15) is 26.7 Å². The molecule has 13 nitrogen and oxygen atoms in total. The molecule has 0 aliphatic rings. The summed E-state index contributed by atoms with van der Waals surface area (Å²) in [6, 6.07) is -1.10. The van der Waals surface area contributed by atoms with Crippen molar-refractivity contribution in [1.82, 2.24) is 16.0 Å². The highest BCUT2D eigenvalue weighted by Crippen LogP contribution is 1.97. The van der Waals surface area contributed by atoms with Crippen LogP contribution in [0.2, 0.25) is 0 Å². The van der Waals surface area contributed by atoms with Crippen molar-refractivity contribution in [3.63, 3.8) is 0 Å². The van der Waals surface area contributed by atoms with Gasteiger partial charge in [-0.2, -0.15) is 0 Å². The average molecular weight is 492 g/mol. The Labute approximate surface area is 199 Å². The van der Waals surface area contributed by atoms with E-state index in [1.807, 2.05) is 13.8 Å². The second kappa shape index (κ2) is 21.0. The van der Waals surface area contributed by atoms with Gasteiger partial charge in [0.15, 0.2) is 5.78 Å². The lowest BCUT2D eigenvalue weighted by atomic mass is 10.1. The molecule has 0 aromatic rings. The third-order valence-corrected chi connectivity index (χ3v) is 4.23. The molecule has 0 saturated heterocycles. The van der Waals surface area contributed by atoms with E-state index in [1.54, 1.807) is 0 Å². The third-order valence-electron chi connectivity index (χ3n) is 4.23. The fourth-order valence-electron chi connectivity index (χ4n) is 2.24.